The molecule has 0 aliphatic carbocycles. The van der Waals surface area contributed by atoms with Crippen LogP contribution in [0.2, 0.25) is 0 Å². The number of amides is 1. The van der Waals surface area contributed by atoms with Crippen LogP contribution in [-0.4, -0.2) is 41.0 Å². The van der Waals surface area contributed by atoms with E-state index in [2.05, 4.69) is 17.3 Å². The number of benzene rings is 2. The van der Waals surface area contributed by atoms with E-state index in [1.54, 1.807) is 12.1 Å². The molecule has 2 heterocycles. The summed E-state index contributed by atoms with van der Waals surface area (Å²) in [5.74, 6) is 1.26. The van der Waals surface area contributed by atoms with Crippen molar-refractivity contribution in [1.82, 2.24) is 14.7 Å². The molecule has 7 nitrogen and oxygen atoms in total. The van der Waals surface area contributed by atoms with Crippen LogP contribution in [0.1, 0.15) is 17.0 Å². The quantitative estimate of drug-likeness (QED) is 0.697. The molecule has 1 aromatic heterocycles. The highest BCUT2D eigenvalue weighted by Gasteiger charge is 2.17. The summed E-state index contributed by atoms with van der Waals surface area (Å²) >= 11 is 0. The summed E-state index contributed by atoms with van der Waals surface area (Å²) in [4.78, 5) is 14.4. The Bertz CT molecular complexity index is 1030. The van der Waals surface area contributed by atoms with Gasteiger partial charge in [0, 0.05) is 29.6 Å². The van der Waals surface area contributed by atoms with E-state index in [1.807, 2.05) is 60.0 Å². The molecule has 2 aromatic carbocycles. The SMILES string of the molecule is Cc1nn(-c2ccccc2)c(C)c1CN(C)CC(=O)Nc1ccc2c(c1)OCO2. The van der Waals surface area contributed by atoms with E-state index in [9.17, 15) is 4.79 Å². The van der Waals surface area contributed by atoms with Crippen LogP contribution in [0.4, 0.5) is 5.69 Å². The molecule has 0 fully saturated rings. The second-order valence-electron chi connectivity index (χ2n) is 7.19. The number of rotatable bonds is 6. The molecule has 0 radical (unpaired) electrons. The average Bonchev–Trinajstić information content (AvgIpc) is 3.28. The zero-order valence-corrected chi connectivity index (χ0v) is 16.8. The van der Waals surface area contributed by atoms with Gasteiger partial charge in [-0.15, -0.1) is 0 Å². The molecule has 7 heteroatoms. The van der Waals surface area contributed by atoms with Crippen molar-refractivity contribution >= 4 is 11.6 Å². The lowest BCUT2D eigenvalue weighted by atomic mass is 10.2. The topological polar surface area (TPSA) is 68.6 Å². The van der Waals surface area contributed by atoms with Crippen LogP contribution in [0, 0.1) is 13.8 Å². The van der Waals surface area contributed by atoms with Crippen LogP contribution in [0.5, 0.6) is 11.5 Å². The maximum atomic E-state index is 12.5. The maximum absolute atomic E-state index is 12.5. The van der Waals surface area contributed by atoms with Gasteiger partial charge in [0.15, 0.2) is 11.5 Å². The third-order valence-electron chi connectivity index (χ3n) is 4.94. The number of para-hydroxylation sites is 1. The molecule has 0 atom stereocenters. The van der Waals surface area contributed by atoms with Gasteiger partial charge in [0.05, 0.1) is 17.9 Å². The number of aromatic nitrogens is 2. The lowest BCUT2D eigenvalue weighted by Crippen LogP contribution is -2.30. The van der Waals surface area contributed by atoms with Crippen LogP contribution in [0.15, 0.2) is 48.5 Å². The predicted octanol–water partition coefficient (Wildman–Crippen LogP) is 3.29. The number of nitrogens with zero attached hydrogens (tertiary/aromatic N) is 3. The summed E-state index contributed by atoms with van der Waals surface area (Å²) in [6.07, 6.45) is 0. The fourth-order valence-electron chi connectivity index (χ4n) is 3.47. The van der Waals surface area contributed by atoms with Gasteiger partial charge in [-0.05, 0) is 45.2 Å². The Morgan fingerprint density at radius 1 is 1.14 bits per heavy atom. The molecule has 4 rings (SSSR count). The van der Waals surface area contributed by atoms with E-state index in [0.29, 0.717) is 23.7 Å². The molecular formula is C22H24N4O3. The molecule has 1 aliphatic rings. The number of hydrogen-bond donors (Lipinski definition) is 1. The maximum Gasteiger partial charge on any atom is 0.238 e. The Labute approximate surface area is 169 Å². The highest BCUT2D eigenvalue weighted by Crippen LogP contribution is 2.34. The highest BCUT2D eigenvalue weighted by atomic mass is 16.7. The van der Waals surface area contributed by atoms with Crippen molar-refractivity contribution in [2.24, 2.45) is 0 Å². The summed E-state index contributed by atoms with van der Waals surface area (Å²) in [5.41, 5.74) is 4.90. The third-order valence-corrected chi connectivity index (χ3v) is 4.94. The number of anilines is 1. The number of fused-ring (bicyclic) bond motifs is 1. The number of carbonyl (C=O) groups excluding carboxylic acids is 1. The number of nitrogens with one attached hydrogen (secondary N) is 1. The number of carbonyl (C=O) groups is 1. The van der Waals surface area contributed by atoms with Gasteiger partial charge in [-0.1, -0.05) is 18.2 Å². The smallest absolute Gasteiger partial charge is 0.238 e. The minimum atomic E-state index is -0.0860. The Balaban J connectivity index is 1.40. The van der Waals surface area contributed by atoms with E-state index in [-0.39, 0.29) is 19.2 Å². The van der Waals surface area contributed by atoms with Crippen molar-refractivity contribution in [2.45, 2.75) is 20.4 Å². The zero-order chi connectivity index (χ0) is 20.4. The fraction of sp³-hybridized carbons (Fsp3) is 0.273. The normalized spacial score (nSPS) is 12.4. The monoisotopic (exact) mass is 392 g/mol. The number of likely N-dealkylation sites (N-methyl/N-ethyl adjacent to an activating group) is 1. The van der Waals surface area contributed by atoms with E-state index < -0.39 is 0 Å². The van der Waals surface area contributed by atoms with Gasteiger partial charge in [-0.3, -0.25) is 9.69 Å². The summed E-state index contributed by atoms with van der Waals surface area (Å²) in [6, 6.07) is 15.4. The second kappa shape index (κ2) is 7.97. The first-order chi connectivity index (χ1) is 14.0. The molecule has 0 unspecified atom stereocenters. The fourth-order valence-corrected chi connectivity index (χ4v) is 3.47. The summed E-state index contributed by atoms with van der Waals surface area (Å²) in [6.45, 7) is 5.18. The molecule has 0 bridgehead atoms. The lowest BCUT2D eigenvalue weighted by molar-refractivity contribution is -0.117. The van der Waals surface area contributed by atoms with Crippen molar-refractivity contribution in [2.75, 3.05) is 25.7 Å². The second-order valence-corrected chi connectivity index (χ2v) is 7.19. The lowest BCUT2D eigenvalue weighted by Gasteiger charge is -2.17. The van der Waals surface area contributed by atoms with Crippen LogP contribution >= 0.6 is 0 Å². The van der Waals surface area contributed by atoms with Gasteiger partial charge < -0.3 is 14.8 Å². The largest absolute Gasteiger partial charge is 0.454 e. The molecule has 150 valence electrons. The van der Waals surface area contributed by atoms with Crippen molar-refractivity contribution in [3.63, 3.8) is 0 Å². The Hall–Kier alpha value is -3.32. The van der Waals surface area contributed by atoms with Crippen molar-refractivity contribution in [1.29, 1.82) is 0 Å². The van der Waals surface area contributed by atoms with Gasteiger partial charge in [0.2, 0.25) is 12.7 Å². The summed E-state index contributed by atoms with van der Waals surface area (Å²) < 4.78 is 12.6. The van der Waals surface area contributed by atoms with E-state index >= 15 is 0 Å². The molecule has 3 aromatic rings. The van der Waals surface area contributed by atoms with Gasteiger partial charge in [0.25, 0.3) is 0 Å². The standard InChI is InChI=1S/C22H24N4O3/c1-15-19(16(2)26(24-15)18-7-5-4-6-8-18)12-25(3)13-22(27)23-17-9-10-20-21(11-17)29-14-28-20/h4-11H,12-14H2,1-3H3,(H,23,27). The zero-order valence-electron chi connectivity index (χ0n) is 16.8. The first kappa shape index (κ1) is 19.0. The van der Waals surface area contributed by atoms with E-state index in [4.69, 9.17) is 9.47 Å². The van der Waals surface area contributed by atoms with Gasteiger partial charge in [-0.25, -0.2) is 4.68 Å². The summed E-state index contributed by atoms with van der Waals surface area (Å²) in [7, 11) is 1.93. The van der Waals surface area contributed by atoms with Crippen LogP contribution < -0.4 is 14.8 Å². The van der Waals surface area contributed by atoms with Gasteiger partial charge >= 0.3 is 0 Å². The number of aryl methyl sites for hydroxylation is 1. The molecule has 1 aliphatic heterocycles. The van der Waals surface area contributed by atoms with Crippen LogP contribution in [0.3, 0.4) is 0 Å². The molecular weight excluding hydrogens is 368 g/mol. The average molecular weight is 392 g/mol. The first-order valence-corrected chi connectivity index (χ1v) is 9.50. The van der Waals surface area contributed by atoms with E-state index in [1.165, 1.54) is 0 Å². The van der Waals surface area contributed by atoms with Crippen LogP contribution in [0.25, 0.3) is 5.69 Å². The summed E-state index contributed by atoms with van der Waals surface area (Å²) in [5, 5.41) is 7.59. The van der Waals surface area contributed by atoms with Crippen molar-refractivity contribution in [3.05, 3.63) is 65.5 Å². The minimum Gasteiger partial charge on any atom is -0.454 e. The van der Waals surface area contributed by atoms with Crippen LogP contribution in [-0.2, 0) is 11.3 Å². The Kier molecular flexibility index (Phi) is 5.22. The predicted molar refractivity (Wildman–Crippen MR) is 111 cm³/mol. The number of ether oxygens (including phenoxy) is 2. The molecule has 0 spiro atoms. The highest BCUT2D eigenvalue weighted by molar-refractivity contribution is 5.92. The first-order valence-electron chi connectivity index (χ1n) is 9.50. The van der Waals surface area contributed by atoms with Gasteiger partial charge in [0.1, 0.15) is 0 Å². The molecule has 1 N–H and O–H groups in total. The van der Waals surface area contributed by atoms with Gasteiger partial charge in [-0.2, -0.15) is 5.10 Å². The molecule has 0 saturated heterocycles. The van der Waals surface area contributed by atoms with Crippen molar-refractivity contribution < 1.29 is 14.3 Å². The van der Waals surface area contributed by atoms with E-state index in [0.717, 1.165) is 22.6 Å². The molecule has 29 heavy (non-hydrogen) atoms. The number of hydrogen-bond acceptors (Lipinski definition) is 5. The minimum absolute atomic E-state index is 0.0860. The molecule has 0 saturated carbocycles. The Morgan fingerprint density at radius 2 is 1.90 bits per heavy atom. The third kappa shape index (κ3) is 4.09. The Morgan fingerprint density at radius 3 is 2.69 bits per heavy atom. The van der Waals surface area contributed by atoms with Crippen molar-refractivity contribution in [3.8, 4) is 17.2 Å². The molecule has 1 amide bonds.